The molecule has 0 radical (unpaired) electrons. The normalized spacial score (nSPS) is 15.1. The zero-order valence-electron chi connectivity index (χ0n) is 17.7. The molecule has 1 fully saturated rings. The van der Waals surface area contributed by atoms with Gasteiger partial charge in [0.1, 0.15) is 12.2 Å². The number of pyridine rings is 1. The Morgan fingerprint density at radius 2 is 2.19 bits per heavy atom. The van der Waals surface area contributed by atoms with E-state index in [0.717, 1.165) is 5.52 Å². The third-order valence-electron chi connectivity index (χ3n) is 5.25. The van der Waals surface area contributed by atoms with Gasteiger partial charge in [0.25, 0.3) is 5.91 Å². The van der Waals surface area contributed by atoms with Crippen LogP contribution in [0.4, 0.5) is 10.1 Å². The van der Waals surface area contributed by atoms with Gasteiger partial charge >= 0.3 is 0 Å². The summed E-state index contributed by atoms with van der Waals surface area (Å²) in [6.45, 7) is 3.38. The zero-order valence-corrected chi connectivity index (χ0v) is 17.7. The van der Waals surface area contributed by atoms with E-state index < -0.39 is 17.7 Å². The van der Waals surface area contributed by atoms with E-state index in [-0.39, 0.29) is 18.2 Å². The molecule has 32 heavy (non-hydrogen) atoms. The molecule has 0 aliphatic carbocycles. The summed E-state index contributed by atoms with van der Waals surface area (Å²) in [4.78, 5) is 17.2. The minimum absolute atomic E-state index is 0.0440. The van der Waals surface area contributed by atoms with Crippen LogP contribution in [0.2, 0.25) is 0 Å². The number of hydrogen-bond donors (Lipinski definition) is 3. The molecule has 4 heterocycles. The average Bonchev–Trinajstić information content (AvgIpc) is 3.16. The highest BCUT2D eigenvalue weighted by Crippen LogP contribution is 2.26. The summed E-state index contributed by atoms with van der Waals surface area (Å²) < 4.78 is 20.9. The maximum atomic E-state index is 14.1. The van der Waals surface area contributed by atoms with Crippen molar-refractivity contribution in [1.29, 1.82) is 5.26 Å². The molecule has 1 saturated heterocycles. The van der Waals surface area contributed by atoms with Crippen molar-refractivity contribution in [2.75, 3.05) is 25.1 Å². The molecule has 0 bridgehead atoms. The van der Waals surface area contributed by atoms with Crippen molar-refractivity contribution in [3.05, 3.63) is 47.8 Å². The summed E-state index contributed by atoms with van der Waals surface area (Å²) in [7, 11) is 0. The van der Waals surface area contributed by atoms with E-state index in [1.54, 1.807) is 16.6 Å². The van der Waals surface area contributed by atoms with Gasteiger partial charge in [0.2, 0.25) is 0 Å². The fraction of sp³-hybridized carbons (Fsp3) is 0.364. The number of nitrogens with zero attached hydrogens (tertiary/aromatic N) is 4. The number of hydrogen-bond acceptors (Lipinski definition) is 7. The van der Waals surface area contributed by atoms with E-state index in [1.165, 1.54) is 26.2 Å². The van der Waals surface area contributed by atoms with E-state index >= 15 is 0 Å². The lowest BCUT2D eigenvalue weighted by Crippen LogP contribution is -2.43. The molecular formula is C22H23FN6O3. The lowest BCUT2D eigenvalue weighted by atomic mass is 10.0. The first-order valence-electron chi connectivity index (χ1n) is 10.1. The van der Waals surface area contributed by atoms with Gasteiger partial charge in [-0.1, -0.05) is 0 Å². The summed E-state index contributed by atoms with van der Waals surface area (Å²) in [5.74, 6) is -0.504. The monoisotopic (exact) mass is 438 g/mol. The van der Waals surface area contributed by atoms with Gasteiger partial charge in [0.05, 0.1) is 71.3 Å². The van der Waals surface area contributed by atoms with Crippen LogP contribution < -0.4 is 10.6 Å². The van der Waals surface area contributed by atoms with Crippen molar-refractivity contribution in [3.8, 4) is 17.5 Å². The number of nitrogens with one attached hydrogen (secondary N) is 2. The summed E-state index contributed by atoms with van der Waals surface area (Å²) in [6.07, 6.45) is 1.28. The van der Waals surface area contributed by atoms with Crippen LogP contribution in [0, 0.1) is 11.3 Å². The number of anilines is 1. The number of fused-ring (bicyclic) bond motifs is 1. The third-order valence-corrected chi connectivity index (χ3v) is 5.25. The summed E-state index contributed by atoms with van der Waals surface area (Å²) >= 11 is 0. The van der Waals surface area contributed by atoms with Crippen molar-refractivity contribution >= 4 is 17.1 Å². The minimum Gasteiger partial charge on any atom is -0.387 e. The van der Waals surface area contributed by atoms with Crippen molar-refractivity contribution in [2.45, 2.75) is 31.7 Å². The lowest BCUT2D eigenvalue weighted by molar-refractivity contribution is -0.00178. The highest BCUT2D eigenvalue weighted by atomic mass is 19.1. The molecule has 1 unspecified atom stereocenters. The van der Waals surface area contributed by atoms with Crippen molar-refractivity contribution in [2.24, 2.45) is 0 Å². The van der Waals surface area contributed by atoms with Gasteiger partial charge in [-0.05, 0) is 38.1 Å². The topological polar surface area (TPSA) is 125 Å². The molecule has 10 heteroatoms. The molecule has 3 aromatic heterocycles. The molecule has 9 nitrogen and oxygen atoms in total. The highest BCUT2D eigenvalue weighted by Gasteiger charge is 2.28. The second-order valence-corrected chi connectivity index (χ2v) is 8.24. The Balaban J connectivity index is 1.64. The molecule has 1 aliphatic rings. The Morgan fingerprint density at radius 1 is 1.41 bits per heavy atom. The first-order valence-corrected chi connectivity index (χ1v) is 10.1. The van der Waals surface area contributed by atoms with Gasteiger partial charge in [-0.2, -0.15) is 10.4 Å². The molecule has 3 N–H and O–H groups in total. The molecule has 0 aromatic carbocycles. The van der Waals surface area contributed by atoms with E-state index in [0.29, 0.717) is 35.9 Å². The summed E-state index contributed by atoms with van der Waals surface area (Å²) in [5, 5.41) is 28.9. The van der Waals surface area contributed by atoms with Crippen LogP contribution >= 0.6 is 0 Å². The molecule has 3 aromatic rings. The number of carbonyl (C=O) groups is 1. The number of aromatic nitrogens is 3. The van der Waals surface area contributed by atoms with E-state index in [9.17, 15) is 14.3 Å². The molecule has 1 aliphatic heterocycles. The number of ether oxygens (including phenoxy) is 1. The van der Waals surface area contributed by atoms with Gasteiger partial charge in [-0.3, -0.25) is 9.78 Å². The van der Waals surface area contributed by atoms with Crippen LogP contribution in [0.15, 0.2) is 36.7 Å². The maximum Gasteiger partial charge on any atom is 0.255 e. The standard InChI is InChI=1S/C22H23FN6O3/c1-22(2,31)20(23)10-26-21(30)16-9-25-18(6-17(16)28-14-11-32-12-14)19-4-3-15-5-13(7-24)8-27-29(15)19/h3-6,8-9,14,20,31H,10-12H2,1-2H3,(H,25,28)(H,26,30). The molecule has 4 rings (SSSR count). The number of rotatable bonds is 7. The Morgan fingerprint density at radius 3 is 2.84 bits per heavy atom. The predicted molar refractivity (Wildman–Crippen MR) is 115 cm³/mol. The molecule has 1 amide bonds. The third kappa shape index (κ3) is 4.39. The predicted octanol–water partition coefficient (Wildman–Crippen LogP) is 1.92. The van der Waals surface area contributed by atoms with Crippen LogP contribution in [0.3, 0.4) is 0 Å². The second kappa shape index (κ2) is 8.53. The van der Waals surface area contributed by atoms with Gasteiger partial charge in [0.15, 0.2) is 0 Å². The smallest absolute Gasteiger partial charge is 0.255 e. The Hall–Kier alpha value is -3.55. The highest BCUT2D eigenvalue weighted by molar-refractivity contribution is 6.00. The largest absolute Gasteiger partial charge is 0.387 e. The molecule has 0 spiro atoms. The Kier molecular flexibility index (Phi) is 5.78. The van der Waals surface area contributed by atoms with Gasteiger partial charge < -0.3 is 20.5 Å². The zero-order chi connectivity index (χ0) is 22.9. The van der Waals surface area contributed by atoms with Crippen LogP contribution in [0.5, 0.6) is 0 Å². The SMILES string of the molecule is CC(C)(O)C(F)CNC(=O)c1cnc(-c2ccc3cc(C#N)cnn23)cc1NC1COC1. The molecule has 0 saturated carbocycles. The van der Waals surface area contributed by atoms with Gasteiger partial charge in [-0.15, -0.1) is 0 Å². The van der Waals surface area contributed by atoms with Crippen molar-refractivity contribution < 1.29 is 19.0 Å². The Bertz CT molecular complexity index is 1190. The van der Waals surface area contributed by atoms with E-state index in [2.05, 4.69) is 26.8 Å². The molecular weight excluding hydrogens is 415 g/mol. The number of aliphatic hydroxyl groups is 1. The van der Waals surface area contributed by atoms with Crippen LogP contribution in [-0.2, 0) is 4.74 Å². The number of carbonyl (C=O) groups excluding carboxylic acids is 1. The van der Waals surface area contributed by atoms with Crippen molar-refractivity contribution in [3.63, 3.8) is 0 Å². The van der Waals surface area contributed by atoms with Gasteiger partial charge in [0, 0.05) is 6.20 Å². The van der Waals surface area contributed by atoms with E-state index in [1.807, 2.05) is 12.1 Å². The van der Waals surface area contributed by atoms with E-state index in [4.69, 9.17) is 10.00 Å². The van der Waals surface area contributed by atoms with Crippen LogP contribution in [0.1, 0.15) is 29.8 Å². The number of nitriles is 1. The number of alkyl halides is 1. The fourth-order valence-corrected chi connectivity index (χ4v) is 3.22. The van der Waals surface area contributed by atoms with Crippen LogP contribution in [-0.4, -0.2) is 63.2 Å². The van der Waals surface area contributed by atoms with Gasteiger partial charge in [-0.25, -0.2) is 8.91 Å². The molecule has 1 atom stereocenters. The maximum absolute atomic E-state index is 14.1. The number of halogens is 1. The average molecular weight is 438 g/mol. The quantitative estimate of drug-likeness (QED) is 0.515. The summed E-state index contributed by atoms with van der Waals surface area (Å²) in [5.41, 5.74) is 1.68. The molecule has 166 valence electrons. The van der Waals surface area contributed by atoms with Crippen molar-refractivity contribution in [1.82, 2.24) is 19.9 Å². The first-order chi connectivity index (χ1) is 15.3. The fourth-order valence-electron chi connectivity index (χ4n) is 3.22. The summed E-state index contributed by atoms with van der Waals surface area (Å²) in [6, 6.07) is 9.22. The first kappa shape index (κ1) is 21.7. The lowest BCUT2D eigenvalue weighted by Gasteiger charge is -2.29. The number of amides is 1. The van der Waals surface area contributed by atoms with Crippen LogP contribution in [0.25, 0.3) is 16.9 Å². The second-order valence-electron chi connectivity index (χ2n) is 8.24. The Labute approximate surface area is 183 Å². The minimum atomic E-state index is -1.62.